The van der Waals surface area contributed by atoms with Gasteiger partial charge in [0.1, 0.15) is 0 Å². The second kappa shape index (κ2) is 6.40. The van der Waals surface area contributed by atoms with Crippen LogP contribution in [0.1, 0.15) is 41.9 Å². The molecule has 134 valence electrons. The lowest BCUT2D eigenvalue weighted by Gasteiger charge is -2.30. The number of hydrogen-bond donors (Lipinski definition) is 0. The zero-order valence-corrected chi connectivity index (χ0v) is 16.4. The van der Waals surface area contributed by atoms with Crippen LogP contribution in [0.4, 0.5) is 0 Å². The third kappa shape index (κ3) is 2.86. The van der Waals surface area contributed by atoms with E-state index in [1.54, 1.807) is 0 Å². The van der Waals surface area contributed by atoms with Crippen molar-refractivity contribution in [1.82, 2.24) is 14.5 Å². The number of fused-ring (bicyclic) bond motifs is 3. The third-order valence-electron chi connectivity index (χ3n) is 5.70. The number of rotatable bonds is 2. The summed E-state index contributed by atoms with van der Waals surface area (Å²) in [4.78, 5) is 6.78. The van der Waals surface area contributed by atoms with Crippen molar-refractivity contribution < 1.29 is 0 Å². The molecule has 3 aromatic rings. The van der Waals surface area contributed by atoms with E-state index in [1.807, 2.05) is 13.1 Å². The normalized spacial score (nSPS) is 18.3. The molecule has 3 nitrogen and oxygen atoms in total. The highest BCUT2D eigenvalue weighted by Gasteiger charge is 2.26. The van der Waals surface area contributed by atoms with E-state index < -0.39 is 0 Å². The molecule has 1 aliphatic rings. The summed E-state index contributed by atoms with van der Waals surface area (Å²) in [6, 6.07) is 11.6. The van der Waals surface area contributed by atoms with Gasteiger partial charge in [-0.1, -0.05) is 11.6 Å². The second-order valence-corrected chi connectivity index (χ2v) is 7.78. The number of pyridine rings is 1. The summed E-state index contributed by atoms with van der Waals surface area (Å²) in [5.41, 5.74) is 9.14. The quantitative estimate of drug-likeness (QED) is 0.648. The van der Waals surface area contributed by atoms with Crippen LogP contribution >= 0.6 is 0 Å². The Morgan fingerprint density at radius 2 is 2.00 bits per heavy atom. The Kier molecular flexibility index (Phi) is 4.20. The zero-order chi connectivity index (χ0) is 18.4. The van der Waals surface area contributed by atoms with Crippen molar-refractivity contribution in [3.05, 3.63) is 64.6 Å². The van der Waals surface area contributed by atoms with Crippen LogP contribution in [0.2, 0.25) is 0 Å². The van der Waals surface area contributed by atoms with Gasteiger partial charge in [-0.05, 0) is 75.7 Å². The Morgan fingerprint density at radius 1 is 1.19 bits per heavy atom. The first-order valence-electron chi connectivity index (χ1n) is 9.38. The maximum absolute atomic E-state index is 4.33. The van der Waals surface area contributed by atoms with Crippen LogP contribution in [0, 0.1) is 13.8 Å². The minimum atomic E-state index is 0.559. The van der Waals surface area contributed by atoms with Crippen molar-refractivity contribution in [3.8, 4) is 0 Å². The maximum Gasteiger partial charge on any atom is 0.0529 e. The number of likely N-dealkylation sites (N-methyl/N-ethyl adjacent to an activating group) is 1. The molecule has 1 atom stereocenters. The summed E-state index contributed by atoms with van der Waals surface area (Å²) < 4.78 is 2.43. The minimum Gasteiger partial charge on any atom is -0.320 e. The molecule has 1 aliphatic heterocycles. The first-order valence-corrected chi connectivity index (χ1v) is 9.38. The fourth-order valence-electron chi connectivity index (χ4n) is 3.99. The first-order chi connectivity index (χ1) is 12.4. The molecule has 0 saturated heterocycles. The second-order valence-electron chi connectivity index (χ2n) is 7.78. The van der Waals surface area contributed by atoms with E-state index in [2.05, 4.69) is 78.8 Å². The van der Waals surface area contributed by atoms with E-state index in [0.717, 1.165) is 18.7 Å². The molecule has 0 spiro atoms. The molecule has 2 aromatic heterocycles. The lowest BCUT2D eigenvalue weighted by Crippen LogP contribution is -2.35. The average Bonchev–Trinajstić information content (AvgIpc) is 2.88. The Balaban J connectivity index is 1.92. The molecule has 0 amide bonds. The van der Waals surface area contributed by atoms with E-state index in [1.165, 1.54) is 38.9 Å². The van der Waals surface area contributed by atoms with Gasteiger partial charge in [0.25, 0.3) is 0 Å². The van der Waals surface area contributed by atoms with Crippen LogP contribution in [0.3, 0.4) is 0 Å². The summed E-state index contributed by atoms with van der Waals surface area (Å²) in [7, 11) is 2.23. The largest absolute Gasteiger partial charge is 0.320 e. The Hall–Kier alpha value is -2.39. The SMILES string of the molecule is C/C(=C\n1c2c(c3cc(C)ccc31)CN(C)C(C)C2)c1ccnc(C)c1. The van der Waals surface area contributed by atoms with Gasteiger partial charge >= 0.3 is 0 Å². The molecule has 3 heterocycles. The van der Waals surface area contributed by atoms with Crippen molar-refractivity contribution in [2.75, 3.05) is 7.05 Å². The first kappa shape index (κ1) is 17.0. The highest BCUT2D eigenvalue weighted by atomic mass is 15.1. The fourth-order valence-corrected chi connectivity index (χ4v) is 3.99. The maximum atomic E-state index is 4.33. The van der Waals surface area contributed by atoms with Crippen molar-refractivity contribution in [1.29, 1.82) is 0 Å². The predicted octanol–water partition coefficient (Wildman–Crippen LogP) is 5.05. The summed E-state index contributed by atoms with van der Waals surface area (Å²) >= 11 is 0. The molecular formula is C23H27N3. The lowest BCUT2D eigenvalue weighted by atomic mass is 9.99. The van der Waals surface area contributed by atoms with Crippen molar-refractivity contribution in [3.63, 3.8) is 0 Å². The van der Waals surface area contributed by atoms with Gasteiger partial charge in [0.15, 0.2) is 0 Å². The van der Waals surface area contributed by atoms with Crippen LogP contribution in [-0.4, -0.2) is 27.5 Å². The molecule has 0 aliphatic carbocycles. The van der Waals surface area contributed by atoms with Gasteiger partial charge in [0.05, 0.1) is 5.52 Å². The smallest absolute Gasteiger partial charge is 0.0529 e. The van der Waals surface area contributed by atoms with Gasteiger partial charge in [-0.3, -0.25) is 9.88 Å². The van der Waals surface area contributed by atoms with Crippen LogP contribution in [0.15, 0.2) is 36.5 Å². The molecule has 4 rings (SSSR count). The highest BCUT2D eigenvalue weighted by Crippen LogP contribution is 2.34. The minimum absolute atomic E-state index is 0.559. The molecule has 0 saturated carbocycles. The number of nitrogens with zero attached hydrogens (tertiary/aromatic N) is 3. The van der Waals surface area contributed by atoms with Crippen LogP contribution < -0.4 is 0 Å². The summed E-state index contributed by atoms with van der Waals surface area (Å²) in [5, 5.41) is 1.40. The lowest BCUT2D eigenvalue weighted by molar-refractivity contribution is 0.230. The van der Waals surface area contributed by atoms with Crippen LogP contribution in [-0.2, 0) is 13.0 Å². The average molecular weight is 345 g/mol. The Labute approximate surface area is 156 Å². The van der Waals surface area contributed by atoms with Crippen LogP contribution in [0.5, 0.6) is 0 Å². The number of hydrogen-bond acceptors (Lipinski definition) is 2. The van der Waals surface area contributed by atoms with Gasteiger partial charge in [-0.2, -0.15) is 0 Å². The summed E-state index contributed by atoms with van der Waals surface area (Å²) in [6.45, 7) is 9.76. The highest BCUT2D eigenvalue weighted by molar-refractivity contribution is 5.90. The topological polar surface area (TPSA) is 21.1 Å². The Bertz CT molecular complexity index is 1010. The molecule has 0 bridgehead atoms. The molecule has 1 unspecified atom stereocenters. The van der Waals surface area contributed by atoms with E-state index in [0.29, 0.717) is 6.04 Å². The monoisotopic (exact) mass is 345 g/mol. The van der Waals surface area contributed by atoms with E-state index in [-0.39, 0.29) is 0 Å². The van der Waals surface area contributed by atoms with E-state index in [4.69, 9.17) is 0 Å². The fraction of sp³-hybridized carbons (Fsp3) is 0.348. The Morgan fingerprint density at radius 3 is 2.77 bits per heavy atom. The van der Waals surface area contributed by atoms with Gasteiger partial charge < -0.3 is 4.57 Å². The molecular weight excluding hydrogens is 318 g/mol. The van der Waals surface area contributed by atoms with Crippen molar-refractivity contribution in [2.45, 2.75) is 46.7 Å². The number of aryl methyl sites for hydroxylation is 2. The molecule has 1 aromatic carbocycles. The van der Waals surface area contributed by atoms with Crippen molar-refractivity contribution >= 4 is 22.7 Å². The van der Waals surface area contributed by atoms with Gasteiger partial charge in [-0.25, -0.2) is 0 Å². The standard InChI is InChI=1S/C23H27N3/c1-15-6-7-22-20(10-15)21-14-25(5)18(4)12-23(21)26(22)13-16(2)19-8-9-24-17(3)11-19/h6-11,13,18H,12,14H2,1-5H3/b16-13+. The summed E-state index contributed by atoms with van der Waals surface area (Å²) in [5.74, 6) is 0. The molecule has 0 N–H and O–H groups in total. The molecule has 0 fully saturated rings. The van der Waals surface area contributed by atoms with Gasteiger partial charge in [0, 0.05) is 48.2 Å². The molecule has 3 heteroatoms. The van der Waals surface area contributed by atoms with Gasteiger partial charge in [0.2, 0.25) is 0 Å². The van der Waals surface area contributed by atoms with E-state index in [9.17, 15) is 0 Å². The number of benzene rings is 1. The van der Waals surface area contributed by atoms with Gasteiger partial charge in [-0.15, -0.1) is 0 Å². The number of aromatic nitrogens is 2. The van der Waals surface area contributed by atoms with E-state index >= 15 is 0 Å². The molecule has 0 radical (unpaired) electrons. The predicted molar refractivity (Wildman–Crippen MR) is 110 cm³/mol. The molecule has 26 heavy (non-hydrogen) atoms. The van der Waals surface area contributed by atoms with Crippen LogP contribution in [0.25, 0.3) is 22.7 Å². The van der Waals surface area contributed by atoms with Crippen molar-refractivity contribution in [2.24, 2.45) is 0 Å². The summed E-state index contributed by atoms with van der Waals surface area (Å²) in [6.07, 6.45) is 5.29. The zero-order valence-electron chi connectivity index (χ0n) is 16.4. The third-order valence-corrected chi connectivity index (χ3v) is 5.70. The number of allylic oxidation sites excluding steroid dienone is 1.